The van der Waals surface area contributed by atoms with Crippen LogP contribution in [-0.4, -0.2) is 22.7 Å². The molecular formula is C23H16BrFN2O5. The first-order valence-electron chi connectivity index (χ1n) is 9.49. The van der Waals surface area contributed by atoms with Crippen molar-refractivity contribution in [2.75, 3.05) is 0 Å². The highest BCUT2D eigenvalue weighted by molar-refractivity contribution is 9.10. The van der Waals surface area contributed by atoms with E-state index in [1.54, 1.807) is 42.5 Å². The van der Waals surface area contributed by atoms with Gasteiger partial charge in [0.15, 0.2) is 0 Å². The van der Waals surface area contributed by atoms with E-state index in [1.165, 1.54) is 24.5 Å². The number of ether oxygens (including phenoxy) is 1. The van der Waals surface area contributed by atoms with E-state index in [2.05, 4.69) is 21.2 Å². The molecule has 7 nitrogen and oxygen atoms in total. The zero-order valence-corrected chi connectivity index (χ0v) is 18.1. The number of carbonyl (C=O) groups excluding carboxylic acids is 3. The Bertz CT molecular complexity index is 1210. The molecule has 1 aliphatic rings. The topological polar surface area (TPSA) is 88.9 Å². The summed E-state index contributed by atoms with van der Waals surface area (Å²) in [4.78, 5) is 38.4. The highest BCUT2D eigenvalue weighted by atomic mass is 79.9. The first kappa shape index (κ1) is 21.5. The quantitative estimate of drug-likeness (QED) is 0.401. The standard InChI is InChI=1S/C23H16BrFN2O5/c24-16-5-8-20(32-13-14-3-6-17(25)7-4-14)15(10-16)11-19-21(28)26-23(30)27(22(19)29)12-18-2-1-9-31-18/h1-11H,12-13H2,(H,26,28,30). The average Bonchev–Trinajstić information content (AvgIpc) is 3.28. The van der Waals surface area contributed by atoms with E-state index >= 15 is 0 Å². The van der Waals surface area contributed by atoms with Crippen molar-refractivity contribution in [3.05, 3.63) is 93.6 Å². The number of halogens is 2. The SMILES string of the molecule is O=C1NC(=O)N(Cc2ccco2)C(=O)C1=Cc1cc(Br)ccc1OCc1ccc(F)cc1. The van der Waals surface area contributed by atoms with Crippen LogP contribution < -0.4 is 10.1 Å². The summed E-state index contributed by atoms with van der Waals surface area (Å²) in [7, 11) is 0. The number of furan rings is 1. The maximum Gasteiger partial charge on any atom is 0.331 e. The molecule has 0 saturated carbocycles. The van der Waals surface area contributed by atoms with Crippen molar-refractivity contribution in [3.8, 4) is 5.75 Å². The summed E-state index contributed by atoms with van der Waals surface area (Å²) in [6, 6.07) is 13.4. The largest absolute Gasteiger partial charge is 0.488 e. The first-order valence-corrected chi connectivity index (χ1v) is 10.3. The molecule has 9 heteroatoms. The van der Waals surface area contributed by atoms with Gasteiger partial charge < -0.3 is 9.15 Å². The van der Waals surface area contributed by atoms with Crippen LogP contribution in [0.2, 0.25) is 0 Å². The summed E-state index contributed by atoms with van der Waals surface area (Å²) < 4.78 is 24.9. The fourth-order valence-corrected chi connectivity index (χ4v) is 3.44. The molecular weight excluding hydrogens is 483 g/mol. The molecule has 162 valence electrons. The molecule has 4 amide bonds. The molecule has 0 unspecified atom stereocenters. The van der Waals surface area contributed by atoms with Crippen molar-refractivity contribution < 1.29 is 27.9 Å². The fourth-order valence-electron chi connectivity index (χ4n) is 3.06. The minimum Gasteiger partial charge on any atom is -0.488 e. The number of benzene rings is 2. The number of rotatable bonds is 6. The predicted octanol–water partition coefficient (Wildman–Crippen LogP) is 4.42. The predicted molar refractivity (Wildman–Crippen MR) is 116 cm³/mol. The summed E-state index contributed by atoms with van der Waals surface area (Å²) >= 11 is 3.37. The number of hydrogen-bond donors (Lipinski definition) is 1. The number of hydrogen-bond acceptors (Lipinski definition) is 5. The highest BCUT2D eigenvalue weighted by Crippen LogP contribution is 2.28. The minimum absolute atomic E-state index is 0.116. The van der Waals surface area contributed by atoms with Crippen LogP contribution in [0.4, 0.5) is 9.18 Å². The van der Waals surface area contributed by atoms with E-state index in [4.69, 9.17) is 9.15 Å². The van der Waals surface area contributed by atoms with Crippen molar-refractivity contribution in [2.45, 2.75) is 13.2 Å². The fraction of sp³-hybridized carbons (Fsp3) is 0.0870. The van der Waals surface area contributed by atoms with E-state index in [0.717, 1.165) is 10.5 Å². The number of imide groups is 2. The van der Waals surface area contributed by atoms with Crippen molar-refractivity contribution in [3.63, 3.8) is 0 Å². The van der Waals surface area contributed by atoms with Gasteiger partial charge in [0, 0.05) is 10.0 Å². The van der Waals surface area contributed by atoms with Gasteiger partial charge in [-0.1, -0.05) is 28.1 Å². The molecule has 2 heterocycles. The third kappa shape index (κ3) is 4.78. The molecule has 0 atom stereocenters. The van der Waals surface area contributed by atoms with Gasteiger partial charge in [0.2, 0.25) is 0 Å². The van der Waals surface area contributed by atoms with Crippen molar-refractivity contribution in [1.29, 1.82) is 0 Å². The summed E-state index contributed by atoms with van der Waals surface area (Å²) in [6.07, 6.45) is 2.79. The molecule has 0 bridgehead atoms. The third-order valence-electron chi connectivity index (χ3n) is 4.66. The Kier molecular flexibility index (Phi) is 6.18. The molecule has 1 aromatic heterocycles. The van der Waals surface area contributed by atoms with Gasteiger partial charge in [-0.2, -0.15) is 0 Å². The number of carbonyl (C=O) groups is 3. The molecule has 1 N–H and O–H groups in total. The summed E-state index contributed by atoms with van der Waals surface area (Å²) in [5, 5.41) is 2.17. The van der Waals surface area contributed by atoms with Gasteiger partial charge in [-0.05, 0) is 54.1 Å². The Morgan fingerprint density at radius 1 is 1.09 bits per heavy atom. The lowest BCUT2D eigenvalue weighted by Crippen LogP contribution is -2.53. The summed E-state index contributed by atoms with van der Waals surface area (Å²) in [5.41, 5.74) is 0.975. The average molecular weight is 499 g/mol. The minimum atomic E-state index is -0.824. The summed E-state index contributed by atoms with van der Waals surface area (Å²) in [6.45, 7) is 0.0377. The second-order valence-electron chi connectivity index (χ2n) is 6.89. The first-order chi connectivity index (χ1) is 15.4. The maximum atomic E-state index is 13.1. The van der Waals surface area contributed by atoms with Crippen LogP contribution in [0.15, 0.2) is 75.3 Å². The van der Waals surface area contributed by atoms with Gasteiger partial charge in [0.25, 0.3) is 11.8 Å². The third-order valence-corrected chi connectivity index (χ3v) is 5.15. The molecule has 0 spiro atoms. The lowest BCUT2D eigenvalue weighted by atomic mass is 10.1. The van der Waals surface area contributed by atoms with Crippen LogP contribution in [0.3, 0.4) is 0 Å². The molecule has 1 aliphatic heterocycles. The molecule has 32 heavy (non-hydrogen) atoms. The lowest BCUT2D eigenvalue weighted by molar-refractivity contribution is -0.130. The van der Waals surface area contributed by atoms with Crippen molar-refractivity contribution in [2.24, 2.45) is 0 Å². The second kappa shape index (κ2) is 9.19. The van der Waals surface area contributed by atoms with Gasteiger partial charge in [-0.3, -0.25) is 19.8 Å². The zero-order valence-electron chi connectivity index (χ0n) is 16.5. The number of barbiturate groups is 1. The Morgan fingerprint density at radius 3 is 2.59 bits per heavy atom. The van der Waals surface area contributed by atoms with Gasteiger partial charge >= 0.3 is 6.03 Å². The van der Waals surface area contributed by atoms with E-state index < -0.39 is 17.8 Å². The Morgan fingerprint density at radius 2 is 1.88 bits per heavy atom. The number of nitrogens with one attached hydrogen (secondary N) is 1. The van der Waals surface area contributed by atoms with Crippen LogP contribution in [0.1, 0.15) is 16.9 Å². The molecule has 4 rings (SSSR count). The maximum absolute atomic E-state index is 13.1. The zero-order chi connectivity index (χ0) is 22.7. The molecule has 0 aliphatic carbocycles. The highest BCUT2D eigenvalue weighted by Gasteiger charge is 2.36. The number of nitrogens with zero attached hydrogens (tertiary/aromatic N) is 1. The Balaban J connectivity index is 1.61. The van der Waals surface area contributed by atoms with E-state index in [-0.39, 0.29) is 24.5 Å². The molecule has 1 saturated heterocycles. The number of amides is 4. The smallest absolute Gasteiger partial charge is 0.331 e. The second-order valence-corrected chi connectivity index (χ2v) is 7.80. The van der Waals surface area contributed by atoms with Crippen LogP contribution in [0, 0.1) is 5.82 Å². The Hall–Kier alpha value is -3.72. The molecule has 3 aromatic rings. The van der Waals surface area contributed by atoms with Crippen molar-refractivity contribution >= 4 is 39.9 Å². The Labute approximate surface area is 190 Å². The van der Waals surface area contributed by atoms with Crippen LogP contribution in [-0.2, 0) is 22.7 Å². The van der Waals surface area contributed by atoms with Crippen molar-refractivity contribution in [1.82, 2.24) is 10.2 Å². The monoisotopic (exact) mass is 498 g/mol. The number of urea groups is 1. The van der Waals surface area contributed by atoms with Crippen LogP contribution in [0.25, 0.3) is 6.08 Å². The van der Waals surface area contributed by atoms with Gasteiger partial charge in [-0.25, -0.2) is 9.18 Å². The summed E-state index contributed by atoms with van der Waals surface area (Å²) in [5.74, 6) is -1.11. The van der Waals surface area contributed by atoms with Gasteiger partial charge in [0.05, 0.1) is 12.8 Å². The molecule has 0 radical (unpaired) electrons. The van der Waals surface area contributed by atoms with Crippen LogP contribution in [0.5, 0.6) is 5.75 Å². The van der Waals surface area contributed by atoms with Crippen LogP contribution >= 0.6 is 15.9 Å². The van der Waals surface area contributed by atoms with Gasteiger partial charge in [0.1, 0.15) is 29.5 Å². The van der Waals surface area contributed by atoms with E-state index in [9.17, 15) is 18.8 Å². The lowest BCUT2D eigenvalue weighted by Gasteiger charge is -2.25. The van der Waals surface area contributed by atoms with Gasteiger partial charge in [-0.15, -0.1) is 0 Å². The normalized spacial score (nSPS) is 15.2. The van der Waals surface area contributed by atoms with E-state index in [1.807, 2.05) is 0 Å². The molecule has 2 aromatic carbocycles. The molecule has 1 fully saturated rings. The van der Waals surface area contributed by atoms with E-state index in [0.29, 0.717) is 21.5 Å².